The zero-order valence-corrected chi connectivity index (χ0v) is 16.4. The molecule has 0 spiro atoms. The van der Waals surface area contributed by atoms with E-state index < -0.39 is 0 Å². The highest BCUT2D eigenvalue weighted by Gasteiger charge is 2.23. The lowest BCUT2D eigenvalue weighted by Crippen LogP contribution is -2.31. The third kappa shape index (κ3) is 3.61. The first-order chi connectivity index (χ1) is 14.3. The van der Waals surface area contributed by atoms with Gasteiger partial charge in [-0.05, 0) is 55.8 Å². The van der Waals surface area contributed by atoms with Crippen LogP contribution in [0.15, 0.2) is 67.1 Å². The van der Waals surface area contributed by atoms with E-state index in [1.54, 1.807) is 6.33 Å². The standard InChI is InChI=1S/C22H22BN5O/c23-27-12-4-5-17(27)14-28-22-20(13-24-15-25-22)21(26-28)16-8-10-19(11-9-16)29-18-6-2-1-3-7-18/h1-3,6-11,13,15,17H,4-5,12,14,23H2/t17-/m0/s1. The number of nitrogens with zero attached hydrogens (tertiary/aromatic N) is 5. The van der Waals surface area contributed by atoms with Gasteiger partial charge in [0.25, 0.3) is 0 Å². The van der Waals surface area contributed by atoms with Crippen molar-refractivity contribution < 1.29 is 4.74 Å². The number of para-hydroxylation sites is 1. The van der Waals surface area contributed by atoms with E-state index in [2.05, 4.69) is 22.8 Å². The zero-order valence-electron chi connectivity index (χ0n) is 16.4. The van der Waals surface area contributed by atoms with E-state index in [1.807, 2.05) is 65.5 Å². The van der Waals surface area contributed by atoms with E-state index in [4.69, 9.17) is 9.84 Å². The van der Waals surface area contributed by atoms with Crippen molar-refractivity contribution in [3.8, 4) is 22.8 Å². The Bertz CT molecular complexity index is 1110. The quantitative estimate of drug-likeness (QED) is 0.495. The largest absolute Gasteiger partial charge is 0.457 e. The molecule has 1 saturated heterocycles. The third-order valence-corrected chi connectivity index (χ3v) is 5.57. The molecule has 2 aromatic carbocycles. The predicted molar refractivity (Wildman–Crippen MR) is 116 cm³/mol. The summed E-state index contributed by atoms with van der Waals surface area (Å²) in [6, 6.07) is 18.3. The van der Waals surface area contributed by atoms with Gasteiger partial charge in [-0.2, -0.15) is 5.10 Å². The molecule has 0 bridgehead atoms. The van der Waals surface area contributed by atoms with Gasteiger partial charge >= 0.3 is 0 Å². The molecule has 144 valence electrons. The van der Waals surface area contributed by atoms with E-state index in [9.17, 15) is 0 Å². The minimum atomic E-state index is 0.502. The Hall–Kier alpha value is -3.19. The van der Waals surface area contributed by atoms with Crippen molar-refractivity contribution in [2.24, 2.45) is 0 Å². The molecular formula is C22H22BN5O. The highest BCUT2D eigenvalue weighted by molar-refractivity contribution is 6.04. The summed E-state index contributed by atoms with van der Waals surface area (Å²) < 4.78 is 7.94. The predicted octanol–water partition coefficient (Wildman–Crippen LogP) is 3.30. The summed E-state index contributed by atoms with van der Waals surface area (Å²) in [5, 5.41) is 5.89. The lowest BCUT2D eigenvalue weighted by atomic mass is 10.1. The minimum Gasteiger partial charge on any atom is -0.457 e. The molecule has 1 fully saturated rings. The van der Waals surface area contributed by atoms with Crippen molar-refractivity contribution in [3.05, 3.63) is 67.1 Å². The van der Waals surface area contributed by atoms with Crippen molar-refractivity contribution in [2.45, 2.75) is 25.4 Å². The summed E-state index contributed by atoms with van der Waals surface area (Å²) in [7, 11) is 2.19. The molecule has 1 aliphatic rings. The maximum Gasteiger partial charge on any atom is 0.185 e. The fraction of sp³-hybridized carbons (Fsp3) is 0.227. The second-order valence-electron chi connectivity index (χ2n) is 7.51. The molecule has 0 radical (unpaired) electrons. The molecule has 29 heavy (non-hydrogen) atoms. The van der Waals surface area contributed by atoms with Gasteiger partial charge in [0, 0.05) is 17.8 Å². The zero-order chi connectivity index (χ0) is 19.6. The Morgan fingerprint density at radius 1 is 1.03 bits per heavy atom. The summed E-state index contributed by atoms with van der Waals surface area (Å²) in [5.41, 5.74) is 2.83. The molecule has 5 rings (SSSR count). The van der Waals surface area contributed by atoms with Gasteiger partial charge in [0.1, 0.15) is 23.5 Å². The number of hydrogen-bond donors (Lipinski definition) is 0. The number of aromatic nitrogens is 4. The van der Waals surface area contributed by atoms with Crippen molar-refractivity contribution in [1.82, 2.24) is 24.6 Å². The molecule has 0 saturated carbocycles. The molecule has 0 N–H and O–H groups in total. The molecule has 2 aromatic heterocycles. The monoisotopic (exact) mass is 383 g/mol. The van der Waals surface area contributed by atoms with Crippen LogP contribution < -0.4 is 4.74 Å². The SMILES string of the molecule is BN1CCC[C@H]1Cn1nc(-c2ccc(Oc3ccccc3)cc2)c2cncnc21. The third-order valence-electron chi connectivity index (χ3n) is 5.57. The summed E-state index contributed by atoms with van der Waals surface area (Å²) in [6.07, 6.45) is 5.89. The van der Waals surface area contributed by atoms with Crippen molar-refractivity contribution in [3.63, 3.8) is 0 Å². The van der Waals surface area contributed by atoms with Gasteiger partial charge in [0.15, 0.2) is 13.6 Å². The first-order valence-corrected chi connectivity index (χ1v) is 9.98. The van der Waals surface area contributed by atoms with Crippen LogP contribution >= 0.6 is 0 Å². The Morgan fingerprint density at radius 3 is 2.59 bits per heavy atom. The molecule has 4 aromatic rings. The number of rotatable bonds is 5. The van der Waals surface area contributed by atoms with Gasteiger partial charge in [-0.1, -0.05) is 18.2 Å². The van der Waals surface area contributed by atoms with Crippen molar-refractivity contribution in [2.75, 3.05) is 6.54 Å². The molecule has 1 aliphatic heterocycles. The van der Waals surface area contributed by atoms with Crippen LogP contribution in [0, 0.1) is 0 Å². The van der Waals surface area contributed by atoms with E-state index in [0.29, 0.717) is 6.04 Å². The molecule has 7 heteroatoms. The van der Waals surface area contributed by atoms with Crippen LogP contribution in [0.3, 0.4) is 0 Å². The second-order valence-corrected chi connectivity index (χ2v) is 7.51. The van der Waals surface area contributed by atoms with Crippen LogP contribution in [0.4, 0.5) is 0 Å². The van der Waals surface area contributed by atoms with Gasteiger partial charge in [-0.15, -0.1) is 0 Å². The second kappa shape index (κ2) is 7.68. The van der Waals surface area contributed by atoms with Crippen LogP contribution in [0.2, 0.25) is 0 Å². The molecule has 1 atom stereocenters. The Balaban J connectivity index is 1.45. The Kier molecular flexibility index (Phi) is 4.73. The first-order valence-electron chi connectivity index (χ1n) is 9.98. The van der Waals surface area contributed by atoms with Gasteiger partial charge < -0.3 is 9.55 Å². The smallest absolute Gasteiger partial charge is 0.185 e. The van der Waals surface area contributed by atoms with E-state index in [0.717, 1.165) is 46.9 Å². The Morgan fingerprint density at radius 2 is 1.83 bits per heavy atom. The summed E-state index contributed by atoms with van der Waals surface area (Å²) in [6.45, 7) is 1.99. The van der Waals surface area contributed by atoms with Crippen LogP contribution in [0.1, 0.15) is 12.8 Å². The normalized spacial score (nSPS) is 17.0. The minimum absolute atomic E-state index is 0.502. The number of hydrogen-bond acceptors (Lipinski definition) is 5. The van der Waals surface area contributed by atoms with Gasteiger partial charge in [0.05, 0.1) is 11.9 Å². The molecule has 0 unspecified atom stereocenters. The average molecular weight is 383 g/mol. The fourth-order valence-corrected chi connectivity index (χ4v) is 3.97. The molecular weight excluding hydrogens is 361 g/mol. The lowest BCUT2D eigenvalue weighted by Gasteiger charge is -2.19. The number of benzene rings is 2. The summed E-state index contributed by atoms with van der Waals surface area (Å²) >= 11 is 0. The van der Waals surface area contributed by atoms with Crippen molar-refractivity contribution >= 4 is 19.0 Å². The number of ether oxygens (including phenoxy) is 1. The maximum atomic E-state index is 5.91. The maximum absolute atomic E-state index is 5.91. The Labute approximate surface area is 170 Å². The molecule has 6 nitrogen and oxygen atoms in total. The van der Waals surface area contributed by atoms with Crippen LogP contribution in [-0.2, 0) is 6.54 Å². The summed E-state index contributed by atoms with van der Waals surface area (Å²) in [4.78, 5) is 11.2. The molecule has 3 heterocycles. The molecule has 0 aliphatic carbocycles. The van der Waals surface area contributed by atoms with Crippen LogP contribution in [-0.4, -0.2) is 45.1 Å². The van der Waals surface area contributed by atoms with E-state index in [1.165, 1.54) is 12.8 Å². The number of fused-ring (bicyclic) bond motifs is 1. The molecule has 0 amide bonds. The highest BCUT2D eigenvalue weighted by Crippen LogP contribution is 2.30. The van der Waals surface area contributed by atoms with E-state index in [-0.39, 0.29) is 0 Å². The summed E-state index contributed by atoms with van der Waals surface area (Å²) in [5.74, 6) is 1.62. The lowest BCUT2D eigenvalue weighted by molar-refractivity contribution is 0.363. The van der Waals surface area contributed by atoms with Crippen LogP contribution in [0.25, 0.3) is 22.3 Å². The van der Waals surface area contributed by atoms with Gasteiger partial charge in [-0.3, -0.25) is 0 Å². The first kappa shape index (κ1) is 17.9. The average Bonchev–Trinajstić information content (AvgIpc) is 3.34. The van der Waals surface area contributed by atoms with Gasteiger partial charge in [0.2, 0.25) is 0 Å². The van der Waals surface area contributed by atoms with E-state index >= 15 is 0 Å². The highest BCUT2D eigenvalue weighted by atomic mass is 16.5. The van der Waals surface area contributed by atoms with Crippen molar-refractivity contribution in [1.29, 1.82) is 0 Å². The topological polar surface area (TPSA) is 56.1 Å². The fourth-order valence-electron chi connectivity index (χ4n) is 3.97. The van der Waals surface area contributed by atoms with Crippen LogP contribution in [0.5, 0.6) is 11.5 Å². The van der Waals surface area contributed by atoms with Gasteiger partial charge in [-0.25, -0.2) is 14.6 Å².